The van der Waals surface area contributed by atoms with E-state index in [2.05, 4.69) is 15.8 Å². The molecular weight excluding hydrogens is 378 g/mol. The maximum Gasteiger partial charge on any atom is 0.259 e. The molecule has 0 heterocycles. The van der Waals surface area contributed by atoms with E-state index in [9.17, 15) is 9.59 Å². The van der Waals surface area contributed by atoms with Crippen molar-refractivity contribution in [1.29, 1.82) is 0 Å². The molecule has 3 aromatic rings. The SMILES string of the molecule is Cc1ccc(C(=O)NCC(=O)N/N=C/c2cccc(OCc3ccccc3)c2)cc1. The minimum atomic E-state index is -0.414. The molecule has 0 aromatic heterocycles. The molecule has 2 N–H and O–H groups in total. The average molecular weight is 401 g/mol. The van der Waals surface area contributed by atoms with E-state index in [0.717, 1.165) is 16.7 Å². The molecule has 152 valence electrons. The van der Waals surface area contributed by atoms with Crippen molar-refractivity contribution < 1.29 is 14.3 Å². The molecule has 0 saturated heterocycles. The summed E-state index contributed by atoms with van der Waals surface area (Å²) in [6.07, 6.45) is 1.52. The zero-order chi connectivity index (χ0) is 21.2. The molecule has 30 heavy (non-hydrogen) atoms. The molecule has 6 heteroatoms. The van der Waals surface area contributed by atoms with Crippen LogP contribution in [0.5, 0.6) is 5.75 Å². The van der Waals surface area contributed by atoms with Gasteiger partial charge in [-0.15, -0.1) is 0 Å². The highest BCUT2D eigenvalue weighted by molar-refractivity contribution is 5.96. The van der Waals surface area contributed by atoms with Crippen LogP contribution in [-0.2, 0) is 11.4 Å². The fourth-order valence-electron chi connectivity index (χ4n) is 2.61. The van der Waals surface area contributed by atoms with Gasteiger partial charge in [0.15, 0.2) is 0 Å². The predicted octanol–water partition coefficient (Wildman–Crippen LogP) is 3.45. The van der Waals surface area contributed by atoms with Crippen molar-refractivity contribution in [1.82, 2.24) is 10.7 Å². The van der Waals surface area contributed by atoms with E-state index < -0.39 is 5.91 Å². The third kappa shape index (κ3) is 6.60. The fourth-order valence-corrected chi connectivity index (χ4v) is 2.61. The number of carbonyl (C=O) groups excluding carboxylic acids is 2. The third-order valence-electron chi connectivity index (χ3n) is 4.23. The van der Waals surface area contributed by atoms with Gasteiger partial charge in [-0.25, -0.2) is 5.43 Å². The Balaban J connectivity index is 1.44. The van der Waals surface area contributed by atoms with E-state index in [1.54, 1.807) is 12.1 Å². The lowest BCUT2D eigenvalue weighted by Gasteiger charge is -2.07. The summed E-state index contributed by atoms with van der Waals surface area (Å²) in [6.45, 7) is 2.25. The summed E-state index contributed by atoms with van der Waals surface area (Å²) in [7, 11) is 0. The number of amides is 2. The van der Waals surface area contributed by atoms with Crippen molar-refractivity contribution >= 4 is 18.0 Å². The van der Waals surface area contributed by atoms with Crippen LogP contribution in [0, 0.1) is 6.92 Å². The Hall–Kier alpha value is -3.93. The first-order chi connectivity index (χ1) is 14.6. The Bertz CT molecular complexity index is 1020. The number of nitrogens with zero attached hydrogens (tertiary/aromatic N) is 1. The fraction of sp³-hybridized carbons (Fsp3) is 0.125. The number of rotatable bonds is 8. The molecule has 0 bridgehead atoms. The van der Waals surface area contributed by atoms with Crippen molar-refractivity contribution in [2.24, 2.45) is 5.10 Å². The molecule has 0 fully saturated rings. The van der Waals surface area contributed by atoms with Gasteiger partial charge in [0.1, 0.15) is 12.4 Å². The van der Waals surface area contributed by atoms with Gasteiger partial charge < -0.3 is 10.1 Å². The Morgan fingerprint density at radius 1 is 0.967 bits per heavy atom. The minimum Gasteiger partial charge on any atom is -0.489 e. The second kappa shape index (κ2) is 10.6. The minimum absolute atomic E-state index is 0.162. The maximum atomic E-state index is 12.0. The van der Waals surface area contributed by atoms with Crippen molar-refractivity contribution in [2.75, 3.05) is 6.54 Å². The second-order valence-electron chi connectivity index (χ2n) is 6.69. The highest BCUT2D eigenvalue weighted by Gasteiger charge is 2.07. The van der Waals surface area contributed by atoms with Crippen molar-refractivity contribution in [3.05, 3.63) is 101 Å². The molecule has 0 aliphatic rings. The standard InChI is InChI=1S/C24H23N3O3/c1-18-10-12-21(13-11-18)24(29)25-16-23(28)27-26-15-20-8-5-9-22(14-20)30-17-19-6-3-2-4-7-19/h2-15H,16-17H2,1H3,(H,25,29)(H,27,28)/b26-15+. The van der Waals surface area contributed by atoms with Gasteiger partial charge in [0, 0.05) is 5.56 Å². The summed E-state index contributed by atoms with van der Waals surface area (Å²) in [4.78, 5) is 23.9. The number of carbonyl (C=O) groups is 2. The summed E-state index contributed by atoms with van der Waals surface area (Å²) in [5.41, 5.74) is 5.83. The Kier molecular flexibility index (Phi) is 7.33. The van der Waals surface area contributed by atoms with Crippen LogP contribution in [0.2, 0.25) is 0 Å². The van der Waals surface area contributed by atoms with Gasteiger partial charge in [0.25, 0.3) is 11.8 Å². The van der Waals surface area contributed by atoms with Gasteiger partial charge >= 0.3 is 0 Å². The van der Waals surface area contributed by atoms with Crippen LogP contribution in [0.1, 0.15) is 27.0 Å². The number of hydrazone groups is 1. The van der Waals surface area contributed by atoms with Crippen molar-refractivity contribution in [3.63, 3.8) is 0 Å². The first kappa shape index (κ1) is 20.8. The largest absolute Gasteiger partial charge is 0.489 e. The molecule has 0 aliphatic carbocycles. The number of hydrogen-bond donors (Lipinski definition) is 2. The Morgan fingerprint density at radius 2 is 1.73 bits per heavy atom. The number of aryl methyl sites for hydroxylation is 1. The van der Waals surface area contributed by atoms with Crippen LogP contribution in [-0.4, -0.2) is 24.6 Å². The van der Waals surface area contributed by atoms with E-state index in [1.807, 2.05) is 73.7 Å². The summed E-state index contributed by atoms with van der Waals surface area (Å²) >= 11 is 0. The topological polar surface area (TPSA) is 79.8 Å². The maximum absolute atomic E-state index is 12.0. The van der Waals surface area contributed by atoms with E-state index in [-0.39, 0.29) is 12.5 Å². The summed E-state index contributed by atoms with van der Waals surface area (Å²) in [5.74, 6) is -0.0138. The second-order valence-corrected chi connectivity index (χ2v) is 6.69. The van der Waals surface area contributed by atoms with Crippen LogP contribution in [0.3, 0.4) is 0 Å². The summed E-state index contributed by atoms with van der Waals surface area (Å²) in [5, 5.41) is 6.50. The quantitative estimate of drug-likeness (QED) is 0.448. The Labute approximate surface area is 175 Å². The van der Waals surface area contributed by atoms with E-state index >= 15 is 0 Å². The normalized spacial score (nSPS) is 10.6. The zero-order valence-corrected chi connectivity index (χ0v) is 16.7. The van der Waals surface area contributed by atoms with Gasteiger partial charge in [-0.2, -0.15) is 5.10 Å². The van der Waals surface area contributed by atoms with Crippen LogP contribution in [0.4, 0.5) is 0 Å². The summed E-state index contributed by atoms with van der Waals surface area (Å²) in [6, 6.07) is 24.4. The van der Waals surface area contributed by atoms with Crippen LogP contribution < -0.4 is 15.5 Å². The number of nitrogens with one attached hydrogen (secondary N) is 2. The number of ether oxygens (including phenoxy) is 1. The molecule has 0 radical (unpaired) electrons. The first-order valence-electron chi connectivity index (χ1n) is 9.54. The first-order valence-corrected chi connectivity index (χ1v) is 9.54. The summed E-state index contributed by atoms with van der Waals surface area (Å²) < 4.78 is 5.78. The average Bonchev–Trinajstić information content (AvgIpc) is 2.77. The lowest BCUT2D eigenvalue weighted by molar-refractivity contribution is -0.120. The molecule has 3 aromatic carbocycles. The van der Waals surface area contributed by atoms with Gasteiger partial charge in [-0.05, 0) is 42.3 Å². The molecular formula is C24H23N3O3. The molecule has 6 nitrogen and oxygen atoms in total. The molecule has 0 spiro atoms. The lowest BCUT2D eigenvalue weighted by Crippen LogP contribution is -2.34. The molecule has 0 unspecified atom stereocenters. The third-order valence-corrected chi connectivity index (χ3v) is 4.23. The lowest BCUT2D eigenvalue weighted by atomic mass is 10.1. The van der Waals surface area contributed by atoms with E-state index in [0.29, 0.717) is 17.9 Å². The molecule has 0 atom stereocenters. The van der Waals surface area contributed by atoms with Gasteiger partial charge in [-0.1, -0.05) is 60.2 Å². The van der Waals surface area contributed by atoms with Crippen LogP contribution in [0.15, 0.2) is 84.0 Å². The van der Waals surface area contributed by atoms with E-state index in [4.69, 9.17) is 4.74 Å². The molecule has 0 aliphatic heterocycles. The van der Waals surface area contributed by atoms with Gasteiger partial charge in [0.05, 0.1) is 12.8 Å². The van der Waals surface area contributed by atoms with Gasteiger partial charge in [0.2, 0.25) is 0 Å². The number of benzene rings is 3. The smallest absolute Gasteiger partial charge is 0.259 e. The van der Waals surface area contributed by atoms with Gasteiger partial charge in [-0.3, -0.25) is 9.59 Å². The van der Waals surface area contributed by atoms with Crippen LogP contribution in [0.25, 0.3) is 0 Å². The van der Waals surface area contributed by atoms with E-state index in [1.165, 1.54) is 6.21 Å². The van der Waals surface area contributed by atoms with Crippen molar-refractivity contribution in [3.8, 4) is 5.75 Å². The zero-order valence-electron chi connectivity index (χ0n) is 16.7. The predicted molar refractivity (Wildman–Crippen MR) is 116 cm³/mol. The number of hydrogen-bond acceptors (Lipinski definition) is 4. The molecule has 0 saturated carbocycles. The highest BCUT2D eigenvalue weighted by atomic mass is 16.5. The Morgan fingerprint density at radius 3 is 2.50 bits per heavy atom. The van der Waals surface area contributed by atoms with Crippen LogP contribution >= 0.6 is 0 Å². The monoisotopic (exact) mass is 401 g/mol. The highest BCUT2D eigenvalue weighted by Crippen LogP contribution is 2.14. The molecule has 2 amide bonds. The van der Waals surface area contributed by atoms with Crippen molar-refractivity contribution in [2.45, 2.75) is 13.5 Å². The molecule has 3 rings (SSSR count).